The maximum Gasteiger partial charge on any atom is 0.350 e. The van der Waals surface area contributed by atoms with E-state index in [1.54, 1.807) is 11.4 Å². The van der Waals surface area contributed by atoms with Crippen LogP contribution in [-0.2, 0) is 9.53 Å². The van der Waals surface area contributed by atoms with Crippen molar-refractivity contribution in [1.82, 2.24) is 0 Å². The lowest BCUT2D eigenvalue weighted by Gasteiger charge is -2.31. The molecule has 1 aliphatic carbocycles. The summed E-state index contributed by atoms with van der Waals surface area (Å²) in [6.45, 7) is 0. The second kappa shape index (κ2) is 5.71. The average molecular weight is 282 g/mol. The van der Waals surface area contributed by atoms with E-state index in [9.17, 15) is 9.59 Å². The van der Waals surface area contributed by atoms with Crippen molar-refractivity contribution in [3.05, 3.63) is 16.3 Å². The number of hydrogen-bond donors (Lipinski definition) is 2. The number of carbonyl (C=O) groups is 2. The Labute approximate surface area is 116 Å². The third-order valence-corrected chi connectivity index (χ3v) is 4.38. The summed E-state index contributed by atoms with van der Waals surface area (Å²) in [7, 11) is 1.32. The van der Waals surface area contributed by atoms with Crippen LogP contribution in [0.15, 0.2) is 11.4 Å². The number of esters is 1. The summed E-state index contributed by atoms with van der Waals surface area (Å²) in [5.41, 5.74) is 5.82. The van der Waals surface area contributed by atoms with E-state index in [1.165, 1.54) is 18.4 Å². The van der Waals surface area contributed by atoms with Crippen molar-refractivity contribution in [1.29, 1.82) is 0 Å². The third-order valence-electron chi connectivity index (χ3n) is 3.48. The summed E-state index contributed by atoms with van der Waals surface area (Å²) in [6.07, 6.45) is 4.44. The standard InChI is InChI=1S/C13H18N2O3S/c1-18-11(16)10-9(5-8-19-10)15-12(17)13(14)6-3-2-4-7-13/h5,8H,2-4,6-7,14H2,1H3,(H,15,17). The molecule has 1 aromatic heterocycles. The van der Waals surface area contributed by atoms with E-state index < -0.39 is 11.5 Å². The largest absolute Gasteiger partial charge is 0.465 e. The molecule has 0 radical (unpaired) electrons. The van der Waals surface area contributed by atoms with Gasteiger partial charge in [-0.15, -0.1) is 11.3 Å². The first-order valence-electron chi connectivity index (χ1n) is 6.33. The molecule has 1 aliphatic rings. The molecule has 19 heavy (non-hydrogen) atoms. The maximum absolute atomic E-state index is 12.3. The first-order chi connectivity index (χ1) is 9.07. The molecular formula is C13H18N2O3S. The number of thiophene rings is 1. The second-order valence-corrected chi connectivity index (χ2v) is 5.74. The zero-order chi connectivity index (χ0) is 13.9. The summed E-state index contributed by atoms with van der Waals surface area (Å²) in [5.74, 6) is -0.657. The highest BCUT2D eigenvalue weighted by Crippen LogP contribution is 2.29. The maximum atomic E-state index is 12.3. The molecule has 104 valence electrons. The Bertz CT molecular complexity index is 478. The van der Waals surface area contributed by atoms with E-state index in [0.29, 0.717) is 23.4 Å². The monoisotopic (exact) mass is 282 g/mol. The summed E-state index contributed by atoms with van der Waals surface area (Å²) in [4.78, 5) is 24.2. The van der Waals surface area contributed by atoms with Crippen molar-refractivity contribution in [2.75, 3.05) is 12.4 Å². The first-order valence-corrected chi connectivity index (χ1v) is 7.21. The van der Waals surface area contributed by atoms with Crippen molar-refractivity contribution >= 4 is 28.9 Å². The molecule has 3 N–H and O–H groups in total. The molecule has 1 fully saturated rings. The SMILES string of the molecule is COC(=O)c1sccc1NC(=O)C1(N)CCCCC1. The summed E-state index contributed by atoms with van der Waals surface area (Å²) in [6, 6.07) is 1.70. The minimum atomic E-state index is -0.812. The number of anilines is 1. The van der Waals surface area contributed by atoms with Gasteiger partial charge < -0.3 is 15.8 Å². The van der Waals surface area contributed by atoms with Crippen LogP contribution in [0.1, 0.15) is 41.8 Å². The van der Waals surface area contributed by atoms with Crippen molar-refractivity contribution in [2.24, 2.45) is 5.73 Å². The fourth-order valence-corrected chi connectivity index (χ4v) is 3.08. The number of hydrogen-bond acceptors (Lipinski definition) is 5. The molecule has 1 heterocycles. The molecule has 0 spiro atoms. The Balaban J connectivity index is 2.10. The highest BCUT2D eigenvalue weighted by molar-refractivity contribution is 7.12. The van der Waals surface area contributed by atoms with E-state index in [1.807, 2.05) is 0 Å². The number of carbonyl (C=O) groups excluding carboxylic acids is 2. The molecule has 0 aromatic carbocycles. The Kier molecular flexibility index (Phi) is 4.21. The van der Waals surface area contributed by atoms with Crippen LogP contribution in [0, 0.1) is 0 Å². The van der Waals surface area contributed by atoms with Gasteiger partial charge in [-0.05, 0) is 24.3 Å². The zero-order valence-electron chi connectivity index (χ0n) is 10.9. The predicted molar refractivity (Wildman–Crippen MR) is 74.3 cm³/mol. The molecule has 1 aromatic rings. The van der Waals surface area contributed by atoms with Crippen LogP contribution < -0.4 is 11.1 Å². The van der Waals surface area contributed by atoms with Crippen LogP contribution in [0.2, 0.25) is 0 Å². The van der Waals surface area contributed by atoms with E-state index in [4.69, 9.17) is 5.73 Å². The van der Waals surface area contributed by atoms with Crippen molar-refractivity contribution in [2.45, 2.75) is 37.6 Å². The molecule has 0 saturated heterocycles. The minimum Gasteiger partial charge on any atom is -0.465 e. The van der Waals surface area contributed by atoms with Gasteiger partial charge in [-0.25, -0.2) is 4.79 Å². The predicted octanol–water partition coefficient (Wildman–Crippen LogP) is 2.13. The normalized spacial score (nSPS) is 17.8. The van der Waals surface area contributed by atoms with Crippen LogP contribution >= 0.6 is 11.3 Å². The Hall–Kier alpha value is -1.40. The van der Waals surface area contributed by atoms with Gasteiger partial charge in [0, 0.05) is 0 Å². The summed E-state index contributed by atoms with van der Waals surface area (Å²) in [5, 5.41) is 4.50. The first kappa shape index (κ1) is 14.0. The number of rotatable bonds is 3. The molecule has 0 bridgehead atoms. The highest BCUT2D eigenvalue weighted by atomic mass is 32.1. The highest BCUT2D eigenvalue weighted by Gasteiger charge is 2.35. The smallest absolute Gasteiger partial charge is 0.350 e. The molecule has 0 atom stereocenters. The zero-order valence-corrected chi connectivity index (χ0v) is 11.7. The Morgan fingerprint density at radius 3 is 2.68 bits per heavy atom. The van der Waals surface area contributed by atoms with Gasteiger partial charge >= 0.3 is 5.97 Å². The van der Waals surface area contributed by atoms with E-state index in [-0.39, 0.29) is 5.91 Å². The van der Waals surface area contributed by atoms with Gasteiger partial charge in [0.2, 0.25) is 5.91 Å². The van der Waals surface area contributed by atoms with Crippen LogP contribution in [0.25, 0.3) is 0 Å². The molecule has 5 nitrogen and oxygen atoms in total. The molecule has 0 aliphatic heterocycles. The van der Waals surface area contributed by atoms with Gasteiger partial charge in [0.15, 0.2) is 0 Å². The second-order valence-electron chi connectivity index (χ2n) is 4.83. The van der Waals surface area contributed by atoms with E-state index in [2.05, 4.69) is 10.1 Å². The van der Waals surface area contributed by atoms with Crippen molar-refractivity contribution in [3.8, 4) is 0 Å². The van der Waals surface area contributed by atoms with Gasteiger partial charge in [0.1, 0.15) is 4.88 Å². The van der Waals surface area contributed by atoms with Gasteiger partial charge in [-0.1, -0.05) is 19.3 Å². The van der Waals surface area contributed by atoms with E-state index in [0.717, 1.165) is 19.3 Å². The molecule has 2 rings (SSSR count). The van der Waals surface area contributed by atoms with Crippen LogP contribution in [0.3, 0.4) is 0 Å². The topological polar surface area (TPSA) is 81.4 Å². The average Bonchev–Trinajstić information content (AvgIpc) is 2.87. The van der Waals surface area contributed by atoms with Crippen LogP contribution in [-0.4, -0.2) is 24.5 Å². The van der Waals surface area contributed by atoms with Crippen molar-refractivity contribution in [3.63, 3.8) is 0 Å². The van der Waals surface area contributed by atoms with Gasteiger partial charge in [-0.2, -0.15) is 0 Å². The lowest BCUT2D eigenvalue weighted by Crippen LogP contribution is -2.52. The van der Waals surface area contributed by atoms with Crippen LogP contribution in [0.4, 0.5) is 5.69 Å². The Morgan fingerprint density at radius 2 is 2.05 bits per heavy atom. The van der Waals surface area contributed by atoms with Gasteiger partial charge in [0.25, 0.3) is 0 Å². The number of amides is 1. The summed E-state index contributed by atoms with van der Waals surface area (Å²) >= 11 is 1.24. The third kappa shape index (κ3) is 2.96. The molecule has 6 heteroatoms. The molecule has 1 saturated carbocycles. The number of nitrogens with one attached hydrogen (secondary N) is 1. The van der Waals surface area contributed by atoms with Crippen molar-refractivity contribution < 1.29 is 14.3 Å². The van der Waals surface area contributed by atoms with Crippen LogP contribution in [0.5, 0.6) is 0 Å². The lowest BCUT2D eigenvalue weighted by molar-refractivity contribution is -0.122. The minimum absolute atomic E-state index is 0.212. The molecular weight excluding hydrogens is 264 g/mol. The van der Waals surface area contributed by atoms with Gasteiger partial charge in [-0.3, -0.25) is 4.79 Å². The molecule has 1 amide bonds. The fourth-order valence-electron chi connectivity index (χ4n) is 2.31. The quantitative estimate of drug-likeness (QED) is 0.832. The molecule has 0 unspecified atom stereocenters. The number of methoxy groups -OCH3 is 1. The fraction of sp³-hybridized carbons (Fsp3) is 0.538. The number of ether oxygens (including phenoxy) is 1. The van der Waals surface area contributed by atoms with E-state index >= 15 is 0 Å². The lowest BCUT2D eigenvalue weighted by atomic mass is 9.82. The van der Waals surface area contributed by atoms with Gasteiger partial charge in [0.05, 0.1) is 18.3 Å². The number of nitrogens with two attached hydrogens (primary N) is 1. The summed E-state index contributed by atoms with van der Waals surface area (Å²) < 4.78 is 4.68. The Morgan fingerprint density at radius 1 is 1.37 bits per heavy atom.